The first-order valence-electron chi connectivity index (χ1n) is 9.56. The van der Waals surface area contributed by atoms with Crippen LogP contribution >= 0.6 is 0 Å². The number of amides is 1. The van der Waals surface area contributed by atoms with Gasteiger partial charge in [0.1, 0.15) is 11.5 Å². The van der Waals surface area contributed by atoms with E-state index in [4.69, 9.17) is 19.7 Å². The van der Waals surface area contributed by atoms with Crippen LogP contribution in [0.2, 0.25) is 0 Å². The molecule has 0 saturated heterocycles. The summed E-state index contributed by atoms with van der Waals surface area (Å²) in [5, 5.41) is 22.4. The van der Waals surface area contributed by atoms with Gasteiger partial charge in [-0.2, -0.15) is 0 Å². The fourth-order valence-electron chi connectivity index (χ4n) is 2.48. The minimum Gasteiger partial charge on any atom is -0.496 e. The van der Waals surface area contributed by atoms with Crippen molar-refractivity contribution in [3.05, 3.63) is 59.7 Å². The van der Waals surface area contributed by atoms with Crippen molar-refractivity contribution in [2.45, 2.75) is 19.4 Å². The van der Waals surface area contributed by atoms with E-state index >= 15 is 0 Å². The number of hydrogen-bond donors (Lipinski definition) is 4. The van der Waals surface area contributed by atoms with E-state index in [0.717, 1.165) is 11.3 Å². The van der Waals surface area contributed by atoms with Gasteiger partial charge in [-0.1, -0.05) is 30.3 Å². The molecule has 0 radical (unpaired) electrons. The molecule has 4 N–H and O–H groups in total. The summed E-state index contributed by atoms with van der Waals surface area (Å²) < 4.78 is 10.2. The summed E-state index contributed by atoms with van der Waals surface area (Å²) in [5.41, 5.74) is 1.43. The maximum atomic E-state index is 11.6. The molecular formula is C22H28N2O7. The maximum Gasteiger partial charge on any atom is 0.305 e. The highest BCUT2D eigenvalue weighted by molar-refractivity contribution is 5.97. The van der Waals surface area contributed by atoms with Gasteiger partial charge in [-0.25, -0.2) is 0 Å². The van der Waals surface area contributed by atoms with Crippen molar-refractivity contribution >= 4 is 17.8 Å². The Bertz CT molecular complexity index is 855. The van der Waals surface area contributed by atoms with Crippen LogP contribution in [0.15, 0.2) is 48.5 Å². The summed E-state index contributed by atoms with van der Waals surface area (Å²) in [4.78, 5) is 32.2. The Morgan fingerprint density at radius 1 is 0.806 bits per heavy atom. The standard InChI is InChI=1S/C11H13NO4.C11H15NO3/c1-16-9-5-3-2-4-8(9)11(15)12-7-6-10(13)14;1-15-10-5-3-2-4-9(10)8-12-7-6-11(13)14/h2-5H,6-7H2,1H3,(H,12,15)(H,13,14);2-5,12H,6-8H2,1H3,(H,13,14). The van der Waals surface area contributed by atoms with Crippen molar-refractivity contribution in [2.75, 3.05) is 27.3 Å². The van der Waals surface area contributed by atoms with Gasteiger partial charge < -0.3 is 30.3 Å². The average Bonchev–Trinajstić information content (AvgIpc) is 2.77. The zero-order valence-corrected chi connectivity index (χ0v) is 17.6. The predicted molar refractivity (Wildman–Crippen MR) is 115 cm³/mol. The van der Waals surface area contributed by atoms with Crippen molar-refractivity contribution in [2.24, 2.45) is 0 Å². The number of ether oxygens (including phenoxy) is 2. The Morgan fingerprint density at radius 2 is 1.35 bits per heavy atom. The van der Waals surface area contributed by atoms with Crippen molar-refractivity contribution in [3.63, 3.8) is 0 Å². The highest BCUT2D eigenvalue weighted by Crippen LogP contribution is 2.17. The monoisotopic (exact) mass is 432 g/mol. The van der Waals surface area contributed by atoms with Crippen LogP contribution < -0.4 is 20.1 Å². The van der Waals surface area contributed by atoms with Crippen molar-refractivity contribution in [1.82, 2.24) is 10.6 Å². The number of benzene rings is 2. The van der Waals surface area contributed by atoms with Gasteiger partial charge in [0.2, 0.25) is 0 Å². The summed E-state index contributed by atoms with van der Waals surface area (Å²) in [6.45, 7) is 1.19. The highest BCUT2D eigenvalue weighted by Gasteiger charge is 2.10. The fourth-order valence-corrected chi connectivity index (χ4v) is 2.48. The summed E-state index contributed by atoms with van der Waals surface area (Å²) in [6.07, 6.45) is 0.0377. The predicted octanol–water partition coefficient (Wildman–Crippen LogP) is 2.16. The zero-order valence-electron chi connectivity index (χ0n) is 17.6. The van der Waals surface area contributed by atoms with E-state index in [1.54, 1.807) is 31.4 Å². The number of aliphatic carboxylic acids is 2. The molecule has 0 bridgehead atoms. The van der Waals surface area contributed by atoms with E-state index < -0.39 is 11.9 Å². The lowest BCUT2D eigenvalue weighted by molar-refractivity contribution is -0.137. The second kappa shape index (κ2) is 14.4. The van der Waals surface area contributed by atoms with Crippen LogP contribution in [0, 0.1) is 0 Å². The van der Waals surface area contributed by atoms with Crippen LogP contribution in [0.1, 0.15) is 28.8 Å². The van der Waals surface area contributed by atoms with Crippen LogP contribution in [0.5, 0.6) is 11.5 Å². The molecule has 9 heteroatoms. The van der Waals surface area contributed by atoms with Crippen LogP contribution in [-0.4, -0.2) is 55.4 Å². The Labute approximate surface area is 181 Å². The Balaban J connectivity index is 0.000000311. The second-order valence-corrected chi connectivity index (χ2v) is 6.23. The molecule has 0 unspecified atom stereocenters. The first-order chi connectivity index (χ1) is 14.9. The number of carbonyl (C=O) groups is 3. The second-order valence-electron chi connectivity index (χ2n) is 6.23. The molecule has 2 rings (SSSR count). The molecule has 9 nitrogen and oxygen atoms in total. The molecule has 0 heterocycles. The lowest BCUT2D eigenvalue weighted by Crippen LogP contribution is -2.26. The normalized spacial score (nSPS) is 9.74. The van der Waals surface area contributed by atoms with Crippen LogP contribution in [0.3, 0.4) is 0 Å². The highest BCUT2D eigenvalue weighted by atomic mass is 16.5. The summed E-state index contributed by atoms with van der Waals surface area (Å²) in [5.74, 6) is -0.780. The van der Waals surface area contributed by atoms with Crippen LogP contribution in [0.25, 0.3) is 0 Å². The summed E-state index contributed by atoms with van der Waals surface area (Å²) in [6, 6.07) is 14.4. The number of nitrogens with one attached hydrogen (secondary N) is 2. The molecule has 0 spiro atoms. The third kappa shape index (κ3) is 10.1. The smallest absolute Gasteiger partial charge is 0.305 e. The molecule has 0 fully saturated rings. The molecule has 168 valence electrons. The molecule has 0 saturated carbocycles. The third-order valence-electron chi connectivity index (χ3n) is 4.00. The minimum absolute atomic E-state index is 0.0963. The van der Waals surface area contributed by atoms with Crippen LogP contribution in [0.4, 0.5) is 0 Å². The number of carboxylic acid groups (broad SMARTS) is 2. The van der Waals surface area contributed by atoms with Crippen molar-refractivity contribution in [3.8, 4) is 11.5 Å². The molecule has 2 aromatic carbocycles. The first-order valence-corrected chi connectivity index (χ1v) is 9.56. The number of para-hydroxylation sites is 2. The van der Waals surface area contributed by atoms with E-state index in [1.165, 1.54) is 7.11 Å². The largest absolute Gasteiger partial charge is 0.496 e. The molecule has 0 atom stereocenters. The summed E-state index contributed by atoms with van der Waals surface area (Å²) >= 11 is 0. The molecular weight excluding hydrogens is 404 g/mol. The first kappa shape index (κ1) is 25.4. The number of rotatable bonds is 11. The van der Waals surface area contributed by atoms with E-state index in [1.807, 2.05) is 24.3 Å². The topological polar surface area (TPSA) is 134 Å². The SMILES string of the molecule is COc1ccccc1C(=O)NCCC(=O)O.COc1ccccc1CNCCC(=O)O. The zero-order chi connectivity index (χ0) is 23.1. The maximum absolute atomic E-state index is 11.6. The van der Waals surface area contributed by atoms with Gasteiger partial charge >= 0.3 is 11.9 Å². The van der Waals surface area contributed by atoms with E-state index in [0.29, 0.717) is 24.4 Å². The molecule has 1 amide bonds. The molecule has 2 aromatic rings. The van der Waals surface area contributed by atoms with Crippen molar-refractivity contribution in [1.29, 1.82) is 0 Å². The average molecular weight is 432 g/mol. The van der Waals surface area contributed by atoms with E-state index in [9.17, 15) is 14.4 Å². The quantitative estimate of drug-likeness (QED) is 0.397. The summed E-state index contributed by atoms with van der Waals surface area (Å²) in [7, 11) is 3.10. The number of carboxylic acids is 2. The van der Waals surface area contributed by atoms with E-state index in [-0.39, 0.29) is 25.3 Å². The Kier molecular flexibility index (Phi) is 11.8. The Morgan fingerprint density at radius 3 is 1.97 bits per heavy atom. The molecule has 0 aromatic heterocycles. The van der Waals surface area contributed by atoms with Gasteiger partial charge in [0.25, 0.3) is 5.91 Å². The van der Waals surface area contributed by atoms with Crippen LogP contribution in [-0.2, 0) is 16.1 Å². The Hall–Kier alpha value is -3.59. The van der Waals surface area contributed by atoms with Gasteiger partial charge in [-0.05, 0) is 18.2 Å². The van der Waals surface area contributed by atoms with Crippen molar-refractivity contribution < 1.29 is 34.1 Å². The van der Waals surface area contributed by atoms with Gasteiger partial charge in [-0.3, -0.25) is 14.4 Å². The number of carbonyl (C=O) groups excluding carboxylic acids is 1. The van der Waals surface area contributed by atoms with Gasteiger partial charge in [0.15, 0.2) is 0 Å². The fraction of sp³-hybridized carbons (Fsp3) is 0.318. The van der Waals surface area contributed by atoms with Gasteiger partial charge in [0, 0.05) is 25.2 Å². The molecule has 31 heavy (non-hydrogen) atoms. The lowest BCUT2D eigenvalue weighted by atomic mass is 10.2. The number of hydrogen-bond acceptors (Lipinski definition) is 6. The lowest BCUT2D eigenvalue weighted by Gasteiger charge is -2.08. The molecule has 0 aliphatic carbocycles. The molecule has 0 aliphatic rings. The van der Waals surface area contributed by atoms with Gasteiger partial charge in [-0.15, -0.1) is 0 Å². The number of methoxy groups -OCH3 is 2. The third-order valence-corrected chi connectivity index (χ3v) is 4.00. The minimum atomic E-state index is -0.944. The van der Waals surface area contributed by atoms with Gasteiger partial charge in [0.05, 0.1) is 32.6 Å². The van der Waals surface area contributed by atoms with E-state index in [2.05, 4.69) is 10.6 Å². The molecule has 0 aliphatic heterocycles.